The first-order valence-electron chi connectivity index (χ1n) is 8.39. The van der Waals surface area contributed by atoms with Gasteiger partial charge in [-0.05, 0) is 55.7 Å². The number of hydrogen-bond acceptors (Lipinski definition) is 5. The van der Waals surface area contributed by atoms with Crippen LogP contribution in [-0.2, 0) is 10.0 Å². The minimum atomic E-state index is -3.90. The lowest BCUT2D eigenvalue weighted by molar-refractivity contribution is 0.100. The Balaban J connectivity index is 2.01. The number of aromatic nitrogens is 1. The van der Waals surface area contributed by atoms with Crippen LogP contribution in [0.1, 0.15) is 27.0 Å². The van der Waals surface area contributed by atoms with Crippen LogP contribution in [0, 0.1) is 20.8 Å². The molecule has 0 spiro atoms. The highest BCUT2D eigenvalue weighted by molar-refractivity contribution is 7.93. The molecule has 7 heteroatoms. The van der Waals surface area contributed by atoms with Crippen LogP contribution in [0.15, 0.2) is 58.9 Å². The third-order valence-electron chi connectivity index (χ3n) is 4.39. The molecule has 0 saturated carbocycles. The van der Waals surface area contributed by atoms with Crippen molar-refractivity contribution in [1.82, 2.24) is 4.98 Å². The molecule has 3 aromatic rings. The first-order chi connectivity index (χ1) is 12.8. The Bertz CT molecular complexity index is 1060. The van der Waals surface area contributed by atoms with Crippen molar-refractivity contribution < 1.29 is 13.2 Å². The molecule has 0 radical (unpaired) electrons. The van der Waals surface area contributed by atoms with Gasteiger partial charge < -0.3 is 0 Å². The Kier molecular flexibility index (Phi) is 5.43. The van der Waals surface area contributed by atoms with Crippen molar-refractivity contribution in [3.05, 3.63) is 76.3 Å². The summed E-state index contributed by atoms with van der Waals surface area (Å²) < 4.78 is 27.4. The van der Waals surface area contributed by atoms with Gasteiger partial charge >= 0.3 is 0 Å². The molecule has 0 unspecified atom stereocenters. The van der Waals surface area contributed by atoms with E-state index in [1.54, 1.807) is 23.6 Å². The number of Topliss-reactive ketones (excluding diaryl/α,β-unsaturated/α-hetero) is 1. The smallest absolute Gasteiger partial charge is 0.266 e. The normalized spacial score (nSPS) is 11.4. The molecule has 1 aromatic heterocycles. The molecular weight excluding hydrogens is 380 g/mol. The number of rotatable bonds is 6. The Morgan fingerprint density at radius 2 is 1.70 bits per heavy atom. The van der Waals surface area contributed by atoms with Gasteiger partial charge in [-0.3, -0.25) is 4.79 Å². The number of nitrogens with zero attached hydrogens (tertiary/aromatic N) is 2. The fourth-order valence-electron chi connectivity index (χ4n) is 2.79. The number of aryl methyl sites for hydroxylation is 3. The highest BCUT2D eigenvalue weighted by Gasteiger charge is 2.29. The summed E-state index contributed by atoms with van der Waals surface area (Å²) in [5.74, 6) is -0.259. The summed E-state index contributed by atoms with van der Waals surface area (Å²) in [6, 6.07) is 11.9. The Morgan fingerprint density at radius 3 is 2.33 bits per heavy atom. The zero-order valence-electron chi connectivity index (χ0n) is 15.3. The van der Waals surface area contributed by atoms with Crippen molar-refractivity contribution in [1.29, 1.82) is 0 Å². The summed E-state index contributed by atoms with van der Waals surface area (Å²) in [6.45, 7) is 5.48. The molecule has 0 saturated heterocycles. The van der Waals surface area contributed by atoms with Crippen molar-refractivity contribution >= 4 is 32.3 Å². The number of anilines is 1. The Morgan fingerprint density at radius 1 is 1.04 bits per heavy atom. The summed E-state index contributed by atoms with van der Waals surface area (Å²) in [7, 11) is -3.90. The van der Waals surface area contributed by atoms with Crippen molar-refractivity contribution in [2.45, 2.75) is 25.7 Å². The fourth-order valence-corrected chi connectivity index (χ4v) is 5.06. The van der Waals surface area contributed by atoms with Gasteiger partial charge in [0.1, 0.15) is 6.54 Å². The lowest BCUT2D eigenvalue weighted by Gasteiger charge is -2.21. The number of carbonyl (C=O) groups is 1. The Hall–Kier alpha value is -2.51. The summed E-state index contributed by atoms with van der Waals surface area (Å²) in [5.41, 5.74) is 3.45. The highest BCUT2D eigenvalue weighted by atomic mass is 32.2. The van der Waals surface area contributed by atoms with Crippen LogP contribution in [0.2, 0.25) is 0 Å². The third-order valence-corrected chi connectivity index (χ3v) is 7.05. The molecule has 0 fully saturated rings. The molecule has 2 aromatic carbocycles. The van der Waals surface area contributed by atoms with E-state index in [0.717, 1.165) is 21.0 Å². The zero-order valence-corrected chi connectivity index (χ0v) is 17.0. The van der Waals surface area contributed by atoms with Gasteiger partial charge in [-0.1, -0.05) is 24.3 Å². The molecule has 5 nitrogen and oxygen atoms in total. The highest BCUT2D eigenvalue weighted by Crippen LogP contribution is 2.26. The van der Waals surface area contributed by atoms with Crippen LogP contribution >= 0.6 is 11.3 Å². The van der Waals surface area contributed by atoms with Crippen LogP contribution < -0.4 is 4.31 Å². The van der Waals surface area contributed by atoms with E-state index in [4.69, 9.17) is 0 Å². The largest absolute Gasteiger partial charge is 0.292 e. The summed E-state index contributed by atoms with van der Waals surface area (Å²) in [5, 5.41) is 1.96. The van der Waals surface area contributed by atoms with E-state index in [1.807, 2.05) is 32.9 Å². The van der Waals surface area contributed by atoms with Crippen molar-refractivity contribution in [3.63, 3.8) is 0 Å². The molecule has 0 bridgehead atoms. The van der Waals surface area contributed by atoms with Gasteiger partial charge in [-0.2, -0.15) is 0 Å². The minimum Gasteiger partial charge on any atom is -0.292 e. The van der Waals surface area contributed by atoms with E-state index < -0.39 is 10.0 Å². The second-order valence-corrected chi connectivity index (χ2v) is 9.05. The van der Waals surface area contributed by atoms with E-state index in [9.17, 15) is 13.2 Å². The molecule has 0 N–H and O–H groups in total. The molecule has 0 aliphatic heterocycles. The number of hydrogen-bond donors (Lipinski definition) is 0. The molecule has 3 rings (SSSR count). The molecular formula is C20H20N2O3S2. The molecule has 1 heterocycles. The van der Waals surface area contributed by atoms with Crippen LogP contribution in [0.25, 0.3) is 0 Å². The number of ketones is 1. The van der Waals surface area contributed by atoms with Crippen LogP contribution in [-0.4, -0.2) is 25.7 Å². The summed E-state index contributed by atoms with van der Waals surface area (Å²) in [6.07, 6.45) is 1.53. The van der Waals surface area contributed by atoms with Crippen LogP contribution in [0.5, 0.6) is 0 Å². The maximum absolute atomic E-state index is 13.1. The quantitative estimate of drug-likeness (QED) is 0.583. The number of sulfonamides is 1. The first-order valence-corrected chi connectivity index (χ1v) is 10.7. The minimum absolute atomic E-state index is 0.129. The second-order valence-electron chi connectivity index (χ2n) is 6.31. The molecule has 0 aliphatic rings. The van der Waals surface area contributed by atoms with E-state index >= 15 is 0 Å². The average Bonchev–Trinajstić information content (AvgIpc) is 3.17. The van der Waals surface area contributed by atoms with E-state index in [1.165, 1.54) is 29.7 Å². The van der Waals surface area contributed by atoms with Gasteiger partial charge in [-0.15, -0.1) is 11.3 Å². The SMILES string of the molecule is Cc1cc(C)c(C(=O)CN(c2nccs2)S(=O)(=O)c2ccccc2)cc1C. The zero-order chi connectivity index (χ0) is 19.6. The van der Waals surface area contributed by atoms with E-state index in [-0.39, 0.29) is 22.4 Å². The lowest BCUT2D eigenvalue weighted by Crippen LogP contribution is -2.36. The second kappa shape index (κ2) is 7.62. The average molecular weight is 401 g/mol. The van der Waals surface area contributed by atoms with Gasteiger partial charge in [0.25, 0.3) is 10.0 Å². The van der Waals surface area contributed by atoms with Crippen molar-refractivity contribution in [3.8, 4) is 0 Å². The van der Waals surface area contributed by atoms with Crippen molar-refractivity contribution in [2.75, 3.05) is 10.8 Å². The fraction of sp³-hybridized carbons (Fsp3) is 0.200. The molecule has 0 atom stereocenters. The number of thiazole rings is 1. The molecule has 140 valence electrons. The number of benzene rings is 2. The van der Waals surface area contributed by atoms with E-state index in [0.29, 0.717) is 5.56 Å². The van der Waals surface area contributed by atoms with Gasteiger partial charge in [0.2, 0.25) is 0 Å². The monoisotopic (exact) mass is 400 g/mol. The van der Waals surface area contributed by atoms with Crippen LogP contribution in [0.3, 0.4) is 0 Å². The predicted octanol–water partition coefficient (Wildman–Crippen LogP) is 4.15. The molecule has 0 aliphatic carbocycles. The first kappa shape index (κ1) is 19.3. The maximum Gasteiger partial charge on any atom is 0.266 e. The Labute approximate surface area is 163 Å². The predicted molar refractivity (Wildman–Crippen MR) is 108 cm³/mol. The number of carbonyl (C=O) groups excluding carboxylic acids is 1. The summed E-state index contributed by atoms with van der Waals surface area (Å²) in [4.78, 5) is 17.2. The third kappa shape index (κ3) is 3.94. The van der Waals surface area contributed by atoms with Crippen LogP contribution in [0.4, 0.5) is 5.13 Å². The molecule has 27 heavy (non-hydrogen) atoms. The van der Waals surface area contributed by atoms with Gasteiger partial charge in [0.15, 0.2) is 10.9 Å². The molecule has 0 amide bonds. The van der Waals surface area contributed by atoms with Gasteiger partial charge in [0, 0.05) is 17.1 Å². The lowest BCUT2D eigenvalue weighted by atomic mass is 9.98. The van der Waals surface area contributed by atoms with Crippen molar-refractivity contribution in [2.24, 2.45) is 0 Å². The van der Waals surface area contributed by atoms with Gasteiger partial charge in [0.05, 0.1) is 4.90 Å². The van der Waals surface area contributed by atoms with E-state index in [2.05, 4.69) is 4.98 Å². The maximum atomic E-state index is 13.1. The summed E-state index contributed by atoms with van der Waals surface area (Å²) >= 11 is 1.18. The topological polar surface area (TPSA) is 67.3 Å². The van der Waals surface area contributed by atoms with Gasteiger partial charge in [-0.25, -0.2) is 17.7 Å². The standard InChI is InChI=1S/C20H20N2O3S2/c1-14-11-16(3)18(12-15(14)2)19(23)13-22(20-21-9-10-26-20)27(24,25)17-7-5-4-6-8-17/h4-12H,13H2,1-3H3.